The third kappa shape index (κ3) is 4.65. The molecule has 2 heteroatoms. The second kappa shape index (κ2) is 9.27. The Hall–Kier alpha value is -3.91. The molecule has 0 unspecified atom stereocenters. The minimum absolute atomic E-state index is 0.863. The average molecular weight is 405 g/mol. The molecule has 1 N–H and O–H groups in total. The summed E-state index contributed by atoms with van der Waals surface area (Å²) in [6.07, 6.45) is 3.67. The lowest BCUT2D eigenvalue weighted by Gasteiger charge is -2.17. The van der Waals surface area contributed by atoms with Crippen LogP contribution in [-0.2, 0) is 4.79 Å². The Morgan fingerprint density at radius 1 is 0.742 bits per heavy atom. The summed E-state index contributed by atoms with van der Waals surface area (Å²) in [7, 11) is 0. The first-order valence-corrected chi connectivity index (χ1v) is 10.4. The first-order valence-electron chi connectivity index (χ1n) is 10.4. The van der Waals surface area contributed by atoms with Crippen molar-refractivity contribution in [1.82, 2.24) is 0 Å². The van der Waals surface area contributed by atoms with E-state index in [1.54, 1.807) is 6.08 Å². The quantitative estimate of drug-likeness (QED) is 0.270. The first kappa shape index (κ1) is 20.4. The van der Waals surface area contributed by atoms with E-state index in [9.17, 15) is 4.79 Å². The van der Waals surface area contributed by atoms with Crippen molar-refractivity contribution in [2.45, 2.75) is 13.3 Å². The molecule has 4 rings (SSSR count). The van der Waals surface area contributed by atoms with Crippen LogP contribution in [-0.4, -0.2) is 11.1 Å². The molecular weight excluding hydrogens is 380 g/mol. The molecule has 0 radical (unpaired) electrons. The summed E-state index contributed by atoms with van der Waals surface area (Å²) in [5.41, 5.74) is 6.85. The lowest BCUT2D eigenvalue weighted by molar-refractivity contribution is -0.131. The van der Waals surface area contributed by atoms with Crippen LogP contribution in [0, 0.1) is 0 Å². The third-order valence-corrected chi connectivity index (χ3v) is 5.43. The van der Waals surface area contributed by atoms with Gasteiger partial charge in [0.2, 0.25) is 0 Å². The molecule has 31 heavy (non-hydrogen) atoms. The number of fused-ring (bicyclic) bond motifs is 1. The van der Waals surface area contributed by atoms with Gasteiger partial charge in [0.05, 0.1) is 0 Å². The summed E-state index contributed by atoms with van der Waals surface area (Å²) in [6, 6.07) is 33.6. The summed E-state index contributed by atoms with van der Waals surface area (Å²) in [6.45, 7) is 2.19. The highest BCUT2D eigenvalue weighted by molar-refractivity contribution is 6.00. The molecule has 0 aliphatic rings. The lowest BCUT2D eigenvalue weighted by Crippen LogP contribution is -1.95. The van der Waals surface area contributed by atoms with Gasteiger partial charge in [-0.1, -0.05) is 97.9 Å². The summed E-state index contributed by atoms with van der Waals surface area (Å²) < 4.78 is 0. The minimum atomic E-state index is -0.946. The van der Waals surface area contributed by atoms with E-state index in [1.165, 1.54) is 33.0 Å². The molecule has 0 aliphatic carbocycles. The third-order valence-electron chi connectivity index (χ3n) is 5.43. The number of carbonyl (C=O) groups is 1. The van der Waals surface area contributed by atoms with Gasteiger partial charge in [0.1, 0.15) is 0 Å². The van der Waals surface area contributed by atoms with Crippen LogP contribution in [0.15, 0.2) is 103 Å². The van der Waals surface area contributed by atoms with Crippen molar-refractivity contribution in [2.75, 3.05) is 0 Å². The monoisotopic (exact) mass is 404 g/mol. The summed E-state index contributed by atoms with van der Waals surface area (Å²) in [5.74, 6) is -0.946. The Morgan fingerprint density at radius 3 is 2.06 bits per heavy atom. The fraction of sp³-hybridized carbons (Fsp3) is 0.0690. The highest BCUT2D eigenvalue weighted by atomic mass is 16.4. The molecule has 2 nitrogen and oxygen atoms in total. The van der Waals surface area contributed by atoms with Gasteiger partial charge < -0.3 is 5.11 Å². The van der Waals surface area contributed by atoms with E-state index >= 15 is 0 Å². The van der Waals surface area contributed by atoms with Gasteiger partial charge in [-0.3, -0.25) is 0 Å². The van der Waals surface area contributed by atoms with E-state index < -0.39 is 5.97 Å². The van der Waals surface area contributed by atoms with Crippen molar-refractivity contribution in [2.24, 2.45) is 0 Å². The lowest BCUT2D eigenvalue weighted by atomic mass is 9.87. The Kier molecular flexibility index (Phi) is 6.09. The van der Waals surface area contributed by atoms with Crippen molar-refractivity contribution in [3.63, 3.8) is 0 Å². The Bertz CT molecular complexity index is 1260. The SMILES string of the molecule is CC/C(=C(/c1ccc(/C=C/C(=O)O)cc1)c1ccc2ccccc2c1)c1ccccc1. The zero-order valence-corrected chi connectivity index (χ0v) is 17.5. The number of hydrogen-bond acceptors (Lipinski definition) is 1. The van der Waals surface area contributed by atoms with Gasteiger partial charge in [0.25, 0.3) is 0 Å². The zero-order chi connectivity index (χ0) is 21.6. The molecule has 4 aromatic rings. The van der Waals surface area contributed by atoms with Crippen LogP contribution in [0.3, 0.4) is 0 Å². The van der Waals surface area contributed by atoms with Gasteiger partial charge in [0.15, 0.2) is 0 Å². The van der Waals surface area contributed by atoms with E-state index in [2.05, 4.69) is 85.8 Å². The van der Waals surface area contributed by atoms with Crippen LogP contribution >= 0.6 is 0 Å². The van der Waals surface area contributed by atoms with Gasteiger partial charge >= 0.3 is 5.97 Å². The van der Waals surface area contributed by atoms with Crippen LogP contribution in [0.4, 0.5) is 0 Å². The molecule has 4 aromatic carbocycles. The van der Waals surface area contributed by atoms with Crippen molar-refractivity contribution in [1.29, 1.82) is 0 Å². The van der Waals surface area contributed by atoms with Gasteiger partial charge in [-0.2, -0.15) is 0 Å². The van der Waals surface area contributed by atoms with E-state index in [0.717, 1.165) is 23.6 Å². The van der Waals surface area contributed by atoms with Crippen LogP contribution in [0.25, 0.3) is 28.0 Å². The normalized spacial score (nSPS) is 12.2. The Labute approximate surface area is 182 Å². The van der Waals surface area contributed by atoms with Gasteiger partial charge in [-0.25, -0.2) is 4.79 Å². The molecule has 0 atom stereocenters. The Balaban J connectivity index is 1.90. The van der Waals surface area contributed by atoms with Gasteiger partial charge in [-0.05, 0) is 62.7 Å². The number of aliphatic carboxylic acids is 1. The predicted molar refractivity (Wildman–Crippen MR) is 130 cm³/mol. The molecule has 0 heterocycles. The van der Waals surface area contributed by atoms with E-state index in [4.69, 9.17) is 5.11 Å². The van der Waals surface area contributed by atoms with Crippen LogP contribution < -0.4 is 0 Å². The molecule has 0 saturated heterocycles. The van der Waals surface area contributed by atoms with Crippen molar-refractivity contribution in [3.8, 4) is 0 Å². The molecule has 0 fully saturated rings. The number of allylic oxidation sites excluding steroid dienone is 1. The fourth-order valence-corrected chi connectivity index (χ4v) is 3.95. The van der Waals surface area contributed by atoms with E-state index in [1.807, 2.05) is 18.2 Å². The number of carboxylic acid groups (broad SMARTS) is 1. The second-order valence-corrected chi connectivity index (χ2v) is 7.43. The first-order chi connectivity index (χ1) is 15.2. The average Bonchev–Trinajstić information content (AvgIpc) is 2.82. The zero-order valence-electron chi connectivity index (χ0n) is 17.5. The molecule has 0 aromatic heterocycles. The minimum Gasteiger partial charge on any atom is -0.478 e. The van der Waals surface area contributed by atoms with Gasteiger partial charge in [0, 0.05) is 6.08 Å². The predicted octanol–water partition coefficient (Wildman–Crippen LogP) is 7.31. The molecule has 0 bridgehead atoms. The van der Waals surface area contributed by atoms with Crippen LogP contribution in [0.1, 0.15) is 35.6 Å². The Morgan fingerprint density at radius 2 is 1.39 bits per heavy atom. The number of hydrogen-bond donors (Lipinski definition) is 1. The summed E-state index contributed by atoms with van der Waals surface area (Å²) in [5, 5.41) is 11.3. The fourth-order valence-electron chi connectivity index (χ4n) is 3.95. The van der Waals surface area contributed by atoms with Crippen LogP contribution in [0.2, 0.25) is 0 Å². The largest absolute Gasteiger partial charge is 0.478 e. The number of benzene rings is 4. The molecule has 0 spiro atoms. The van der Waals surface area contributed by atoms with Crippen molar-refractivity contribution < 1.29 is 9.90 Å². The smallest absolute Gasteiger partial charge is 0.328 e. The maximum absolute atomic E-state index is 10.8. The highest BCUT2D eigenvalue weighted by Gasteiger charge is 2.13. The summed E-state index contributed by atoms with van der Waals surface area (Å²) >= 11 is 0. The maximum atomic E-state index is 10.8. The highest BCUT2D eigenvalue weighted by Crippen LogP contribution is 2.35. The number of carboxylic acids is 1. The molecule has 0 saturated carbocycles. The van der Waals surface area contributed by atoms with Crippen molar-refractivity contribution in [3.05, 3.63) is 125 Å². The molecule has 0 aliphatic heterocycles. The molecular formula is C29H24O2. The summed E-state index contributed by atoms with van der Waals surface area (Å²) in [4.78, 5) is 10.8. The molecule has 152 valence electrons. The number of rotatable bonds is 6. The van der Waals surface area contributed by atoms with Gasteiger partial charge in [-0.15, -0.1) is 0 Å². The van der Waals surface area contributed by atoms with Crippen LogP contribution in [0.5, 0.6) is 0 Å². The van der Waals surface area contributed by atoms with Crippen molar-refractivity contribution >= 4 is 34.0 Å². The molecule has 0 amide bonds. The second-order valence-electron chi connectivity index (χ2n) is 7.43. The van der Waals surface area contributed by atoms with E-state index in [0.29, 0.717) is 0 Å². The van der Waals surface area contributed by atoms with E-state index in [-0.39, 0.29) is 0 Å². The topological polar surface area (TPSA) is 37.3 Å². The maximum Gasteiger partial charge on any atom is 0.328 e. The standard InChI is InChI=1S/C29H24O2/c1-2-27(23-9-4-3-5-10-23)29(24-15-12-21(13-16-24)14-19-28(30)31)26-18-17-22-8-6-7-11-25(22)20-26/h3-20H,2H2,1H3,(H,30,31)/b19-14+,29-27+.